The zero-order chi connectivity index (χ0) is 11.9. The number of carbonyl (C=O) groups is 1. The first-order valence-electron chi connectivity index (χ1n) is 4.04. The molecular weight excluding hydrogens is 248 g/mol. The molecule has 4 N–H and O–H groups in total. The Hall–Kier alpha value is -0.230. The van der Waals surface area contributed by atoms with Crippen LogP contribution in [-0.2, 0) is 13.9 Å². The van der Waals surface area contributed by atoms with Crippen LogP contribution in [0, 0.1) is 0 Å². The van der Waals surface area contributed by atoms with Crippen LogP contribution in [0.5, 0.6) is 0 Å². The van der Waals surface area contributed by atoms with E-state index in [1.165, 1.54) is 0 Å². The van der Waals surface area contributed by atoms with Gasteiger partial charge in [-0.3, -0.25) is 13.9 Å². The Morgan fingerprint density at radius 3 is 1.87 bits per heavy atom. The molecule has 1 amide bonds. The van der Waals surface area contributed by atoms with E-state index in [2.05, 4.69) is 0 Å². The van der Waals surface area contributed by atoms with Gasteiger partial charge in [0.2, 0.25) is 11.4 Å². The number of hydrogen-bond donors (Lipinski definition) is 4. The van der Waals surface area contributed by atoms with E-state index in [4.69, 9.17) is 19.6 Å². The first-order chi connectivity index (χ1) is 6.64. The molecule has 1 rings (SSSR count). The average Bonchev–Trinajstić information content (AvgIpc) is 2.30. The number of rotatable bonds is 3. The summed E-state index contributed by atoms with van der Waals surface area (Å²) in [6.45, 7) is -0.0419. The van der Waals surface area contributed by atoms with Crippen LogP contribution in [0.15, 0.2) is 0 Å². The second-order valence-corrected chi connectivity index (χ2v) is 6.96. The summed E-state index contributed by atoms with van der Waals surface area (Å²) < 4.78 is 21.8. The quantitative estimate of drug-likeness (QED) is 0.489. The number of hydrogen-bond acceptors (Lipinski definition) is 3. The molecule has 88 valence electrons. The number of nitrogens with zero attached hydrogens (tertiary/aromatic N) is 1. The fourth-order valence-electron chi connectivity index (χ4n) is 1.47. The predicted molar refractivity (Wildman–Crippen MR) is 48.8 cm³/mol. The second kappa shape index (κ2) is 3.97. The maximum atomic E-state index is 11.1. The fraction of sp³-hybridized carbons (Fsp3) is 0.800. The molecule has 0 aromatic carbocycles. The van der Waals surface area contributed by atoms with Crippen LogP contribution in [0.3, 0.4) is 0 Å². The van der Waals surface area contributed by atoms with E-state index in [1.54, 1.807) is 0 Å². The molecule has 0 unspecified atom stereocenters. The van der Waals surface area contributed by atoms with Gasteiger partial charge in [-0.15, -0.1) is 0 Å². The van der Waals surface area contributed by atoms with Crippen LogP contribution in [0.1, 0.15) is 12.8 Å². The van der Waals surface area contributed by atoms with Gasteiger partial charge in [-0.25, -0.2) is 0 Å². The molecule has 0 aromatic heterocycles. The fourth-order valence-corrected chi connectivity index (χ4v) is 4.25. The normalized spacial score (nSPS) is 19.0. The maximum Gasteiger partial charge on any atom is 0.360 e. The lowest BCUT2D eigenvalue weighted by Crippen LogP contribution is -2.35. The van der Waals surface area contributed by atoms with Crippen LogP contribution in [0.4, 0.5) is 0 Å². The summed E-state index contributed by atoms with van der Waals surface area (Å²) in [5.41, 5.74) is -2.33. The van der Waals surface area contributed by atoms with Gasteiger partial charge < -0.3 is 24.5 Å². The van der Waals surface area contributed by atoms with E-state index in [0.717, 1.165) is 0 Å². The van der Waals surface area contributed by atoms with Gasteiger partial charge in [-0.2, -0.15) is 0 Å². The summed E-state index contributed by atoms with van der Waals surface area (Å²) >= 11 is 0. The summed E-state index contributed by atoms with van der Waals surface area (Å²) in [5.74, 6) is -0.647. The monoisotopic (exact) mass is 259 g/mol. The summed E-state index contributed by atoms with van der Waals surface area (Å²) in [6, 6.07) is 0. The third-order valence-electron chi connectivity index (χ3n) is 1.99. The summed E-state index contributed by atoms with van der Waals surface area (Å²) in [6.07, 6.45) is 0.395. The molecule has 15 heavy (non-hydrogen) atoms. The van der Waals surface area contributed by atoms with Crippen molar-refractivity contribution in [3.8, 4) is 0 Å². The minimum atomic E-state index is -5.04. The van der Waals surface area contributed by atoms with Crippen LogP contribution in [0.25, 0.3) is 0 Å². The van der Waals surface area contributed by atoms with Crippen molar-refractivity contribution in [2.45, 2.75) is 18.4 Å². The lowest BCUT2D eigenvalue weighted by Gasteiger charge is -2.28. The van der Waals surface area contributed by atoms with Crippen LogP contribution >= 0.6 is 15.2 Å². The highest BCUT2D eigenvalue weighted by molar-refractivity contribution is 7.70. The molecule has 1 aliphatic heterocycles. The average molecular weight is 259 g/mol. The highest BCUT2D eigenvalue weighted by Crippen LogP contribution is 2.61. The van der Waals surface area contributed by atoms with E-state index in [1.807, 2.05) is 0 Å². The van der Waals surface area contributed by atoms with Crippen LogP contribution in [-0.4, -0.2) is 42.4 Å². The zero-order valence-electron chi connectivity index (χ0n) is 7.55. The minimum absolute atomic E-state index is 0.0419. The molecule has 1 saturated heterocycles. The van der Waals surface area contributed by atoms with Crippen LogP contribution in [0.2, 0.25) is 0 Å². The molecule has 0 radical (unpaired) electrons. The SMILES string of the molecule is O=C1CCCN1C(P(=O)(O)O)P(=O)(O)O. The Bertz CT molecular complexity index is 334. The third kappa shape index (κ3) is 2.87. The van der Waals surface area contributed by atoms with Gasteiger partial charge in [0, 0.05) is 13.0 Å². The van der Waals surface area contributed by atoms with Gasteiger partial charge in [0.25, 0.3) is 0 Å². The van der Waals surface area contributed by atoms with Crippen molar-refractivity contribution < 1.29 is 33.5 Å². The Morgan fingerprint density at radius 1 is 1.13 bits per heavy atom. The molecule has 0 spiro atoms. The largest absolute Gasteiger partial charge is 0.360 e. The molecule has 8 nitrogen and oxygen atoms in total. The van der Waals surface area contributed by atoms with Crippen molar-refractivity contribution in [1.29, 1.82) is 0 Å². The Kier molecular flexibility index (Phi) is 3.40. The molecule has 10 heteroatoms. The number of amides is 1. The predicted octanol–water partition coefficient (Wildman–Crippen LogP) is -0.752. The molecule has 0 saturated carbocycles. The van der Waals surface area contributed by atoms with Gasteiger partial charge in [0.15, 0.2) is 0 Å². The van der Waals surface area contributed by atoms with E-state index in [9.17, 15) is 13.9 Å². The third-order valence-corrected chi connectivity index (χ3v) is 5.56. The maximum absolute atomic E-state index is 11.1. The number of likely N-dealkylation sites (tertiary alicyclic amines) is 1. The molecule has 1 fully saturated rings. The minimum Gasteiger partial charge on any atom is -0.323 e. The lowest BCUT2D eigenvalue weighted by atomic mass is 10.4. The van der Waals surface area contributed by atoms with E-state index < -0.39 is 26.6 Å². The van der Waals surface area contributed by atoms with E-state index in [-0.39, 0.29) is 13.0 Å². The molecule has 1 heterocycles. The number of carbonyl (C=O) groups excluding carboxylic acids is 1. The highest BCUT2D eigenvalue weighted by Gasteiger charge is 2.50. The molecule has 0 aliphatic carbocycles. The Balaban J connectivity index is 3.08. The second-order valence-electron chi connectivity index (χ2n) is 3.22. The summed E-state index contributed by atoms with van der Waals surface area (Å²) in [7, 11) is -10.1. The molecule has 1 aliphatic rings. The molecule has 0 bridgehead atoms. The van der Waals surface area contributed by atoms with E-state index >= 15 is 0 Å². The zero-order valence-corrected chi connectivity index (χ0v) is 9.34. The van der Waals surface area contributed by atoms with Gasteiger partial charge in [0.05, 0.1) is 0 Å². The van der Waals surface area contributed by atoms with Crippen molar-refractivity contribution in [3.05, 3.63) is 0 Å². The first-order valence-corrected chi connectivity index (χ1v) is 7.40. The molecule has 0 atom stereocenters. The first kappa shape index (κ1) is 12.8. The smallest absolute Gasteiger partial charge is 0.323 e. The Labute approximate surface area is 85.2 Å². The van der Waals surface area contributed by atoms with Crippen molar-refractivity contribution >= 4 is 21.1 Å². The van der Waals surface area contributed by atoms with E-state index in [0.29, 0.717) is 11.3 Å². The lowest BCUT2D eigenvalue weighted by molar-refractivity contribution is -0.127. The van der Waals surface area contributed by atoms with Crippen molar-refractivity contribution in [1.82, 2.24) is 4.90 Å². The van der Waals surface area contributed by atoms with Crippen LogP contribution < -0.4 is 0 Å². The van der Waals surface area contributed by atoms with Gasteiger partial charge in [-0.05, 0) is 6.42 Å². The van der Waals surface area contributed by atoms with Gasteiger partial charge >= 0.3 is 15.2 Å². The van der Waals surface area contributed by atoms with Crippen molar-refractivity contribution in [2.75, 3.05) is 6.54 Å². The van der Waals surface area contributed by atoms with Gasteiger partial charge in [-0.1, -0.05) is 0 Å². The summed E-state index contributed by atoms with van der Waals surface area (Å²) in [5, 5.41) is 0. The van der Waals surface area contributed by atoms with Gasteiger partial charge in [0.1, 0.15) is 0 Å². The standard InChI is InChI=1S/C5H11NO7P2/c7-4-2-1-3-6(4)5(14(8,9)10)15(11,12)13/h5H,1-3H2,(H2,8,9,10)(H2,11,12,13). The topological polar surface area (TPSA) is 135 Å². The molecular formula is C5H11NO7P2. The molecule has 0 aromatic rings. The Morgan fingerprint density at radius 2 is 1.60 bits per heavy atom. The van der Waals surface area contributed by atoms with Crippen molar-refractivity contribution in [2.24, 2.45) is 0 Å². The highest BCUT2D eigenvalue weighted by atomic mass is 31.2. The summed E-state index contributed by atoms with van der Waals surface area (Å²) in [4.78, 5) is 47.0. The van der Waals surface area contributed by atoms with Crippen molar-refractivity contribution in [3.63, 3.8) is 0 Å².